The van der Waals surface area contributed by atoms with Crippen LogP contribution in [0, 0.1) is 5.41 Å². The van der Waals surface area contributed by atoms with E-state index in [1.807, 2.05) is 24.2 Å². The minimum atomic E-state index is 0.205. The smallest absolute Gasteiger partial charge is 0.0311 e. The van der Waals surface area contributed by atoms with Gasteiger partial charge in [-0.3, -0.25) is 4.98 Å². The number of rotatable bonds is 0. The summed E-state index contributed by atoms with van der Waals surface area (Å²) in [6.45, 7) is 6.98. The van der Waals surface area contributed by atoms with Crippen LogP contribution in [0.3, 0.4) is 0 Å². The first-order valence-corrected chi connectivity index (χ1v) is 7.70. The minimum absolute atomic E-state index is 0.205. The molecule has 2 aromatic rings. The van der Waals surface area contributed by atoms with E-state index in [2.05, 4.69) is 56.1 Å². The summed E-state index contributed by atoms with van der Waals surface area (Å²) >= 11 is 1.93. The topological polar surface area (TPSA) is 12.9 Å². The van der Waals surface area contributed by atoms with Crippen molar-refractivity contribution in [3.05, 3.63) is 59.4 Å². The Hall–Kier alpha value is -1.28. The third kappa shape index (κ3) is 2.30. The molecule has 2 heteroatoms. The quantitative estimate of drug-likeness (QED) is 0.677. The Kier molecular flexibility index (Phi) is 3.14. The van der Waals surface area contributed by atoms with Crippen LogP contribution in [-0.4, -0.2) is 4.98 Å². The number of hydrogen-bond donors (Lipinski definition) is 0. The molecule has 0 saturated carbocycles. The molecule has 0 fully saturated rings. The van der Waals surface area contributed by atoms with E-state index in [0.717, 1.165) is 5.75 Å². The van der Waals surface area contributed by atoms with Crippen molar-refractivity contribution < 1.29 is 0 Å². The molecular formula is C17H19NS. The number of hydrogen-bond acceptors (Lipinski definition) is 2. The van der Waals surface area contributed by atoms with E-state index in [-0.39, 0.29) is 5.41 Å². The van der Waals surface area contributed by atoms with Gasteiger partial charge in [0.05, 0.1) is 0 Å². The predicted octanol–water partition coefficient (Wildman–Crippen LogP) is 4.87. The molecule has 1 aliphatic heterocycles. The van der Waals surface area contributed by atoms with E-state index in [9.17, 15) is 0 Å². The summed E-state index contributed by atoms with van der Waals surface area (Å²) in [4.78, 5) is 5.72. The van der Waals surface area contributed by atoms with Gasteiger partial charge in [-0.2, -0.15) is 0 Å². The zero-order chi connectivity index (χ0) is 13.5. The van der Waals surface area contributed by atoms with Crippen molar-refractivity contribution in [3.8, 4) is 0 Å². The van der Waals surface area contributed by atoms with Crippen LogP contribution in [-0.2, 0) is 5.75 Å². The Morgan fingerprint density at radius 3 is 2.68 bits per heavy atom. The van der Waals surface area contributed by atoms with Gasteiger partial charge < -0.3 is 0 Å². The normalized spacial score (nSPS) is 18.4. The van der Waals surface area contributed by atoms with Crippen LogP contribution >= 0.6 is 11.8 Å². The average Bonchev–Trinajstić information content (AvgIpc) is 2.54. The van der Waals surface area contributed by atoms with E-state index in [0.29, 0.717) is 5.92 Å². The van der Waals surface area contributed by atoms with Crippen molar-refractivity contribution in [2.24, 2.45) is 5.41 Å². The summed E-state index contributed by atoms with van der Waals surface area (Å²) in [5.74, 6) is 1.46. The highest BCUT2D eigenvalue weighted by atomic mass is 32.2. The van der Waals surface area contributed by atoms with Crippen molar-refractivity contribution in [2.75, 3.05) is 0 Å². The molecule has 2 heterocycles. The zero-order valence-electron chi connectivity index (χ0n) is 11.7. The molecule has 1 atom stereocenters. The molecule has 0 amide bonds. The zero-order valence-corrected chi connectivity index (χ0v) is 12.5. The van der Waals surface area contributed by atoms with Crippen LogP contribution in [0.25, 0.3) is 0 Å². The highest BCUT2D eigenvalue weighted by molar-refractivity contribution is 7.98. The van der Waals surface area contributed by atoms with Crippen molar-refractivity contribution in [1.82, 2.24) is 4.98 Å². The molecule has 98 valence electrons. The Labute approximate surface area is 119 Å². The molecule has 1 unspecified atom stereocenters. The van der Waals surface area contributed by atoms with Gasteiger partial charge in [0.25, 0.3) is 0 Å². The third-order valence-electron chi connectivity index (χ3n) is 3.73. The molecule has 0 saturated heterocycles. The Balaban J connectivity index is 2.25. The van der Waals surface area contributed by atoms with E-state index in [4.69, 9.17) is 0 Å². The maximum absolute atomic E-state index is 4.31. The monoisotopic (exact) mass is 269 g/mol. The predicted molar refractivity (Wildman–Crippen MR) is 81.5 cm³/mol. The van der Waals surface area contributed by atoms with Gasteiger partial charge in [0.15, 0.2) is 0 Å². The van der Waals surface area contributed by atoms with Crippen LogP contribution in [0.4, 0.5) is 0 Å². The lowest BCUT2D eigenvalue weighted by Crippen LogP contribution is -2.20. The van der Waals surface area contributed by atoms with E-state index < -0.39 is 0 Å². The molecule has 0 spiro atoms. The second-order valence-corrected chi connectivity index (χ2v) is 7.22. The van der Waals surface area contributed by atoms with Gasteiger partial charge in [-0.1, -0.05) is 39.0 Å². The van der Waals surface area contributed by atoms with Crippen molar-refractivity contribution >= 4 is 11.8 Å². The highest BCUT2D eigenvalue weighted by Crippen LogP contribution is 2.48. The molecule has 1 aliphatic rings. The van der Waals surface area contributed by atoms with E-state index in [1.54, 1.807) is 0 Å². The minimum Gasteiger partial charge on any atom is -0.264 e. The third-order valence-corrected chi connectivity index (χ3v) is 4.87. The number of thioether (sulfide) groups is 1. The van der Waals surface area contributed by atoms with Gasteiger partial charge in [0.1, 0.15) is 0 Å². The number of aromatic nitrogens is 1. The van der Waals surface area contributed by atoms with Gasteiger partial charge >= 0.3 is 0 Å². The molecule has 3 rings (SSSR count). The molecule has 0 radical (unpaired) electrons. The van der Waals surface area contributed by atoms with Crippen LogP contribution in [0.5, 0.6) is 0 Å². The largest absolute Gasteiger partial charge is 0.264 e. The van der Waals surface area contributed by atoms with Crippen molar-refractivity contribution in [2.45, 2.75) is 37.3 Å². The van der Waals surface area contributed by atoms with Gasteiger partial charge in [-0.25, -0.2) is 0 Å². The van der Waals surface area contributed by atoms with Gasteiger partial charge in [0, 0.05) is 29.0 Å². The Bertz CT molecular complexity index is 551. The fourth-order valence-corrected chi connectivity index (χ4v) is 4.03. The fraction of sp³-hybridized carbons (Fsp3) is 0.353. The summed E-state index contributed by atoms with van der Waals surface area (Å²) < 4.78 is 0. The number of nitrogens with zero attached hydrogens (tertiary/aromatic N) is 1. The van der Waals surface area contributed by atoms with Gasteiger partial charge in [-0.05, 0) is 34.2 Å². The SMILES string of the molecule is CC(C)(C)C1c2ccncc2CSc2ccccc21. The first-order chi connectivity index (χ1) is 9.07. The van der Waals surface area contributed by atoms with E-state index in [1.165, 1.54) is 21.6 Å². The van der Waals surface area contributed by atoms with E-state index >= 15 is 0 Å². The molecule has 0 bridgehead atoms. The second-order valence-electron chi connectivity index (χ2n) is 6.20. The second kappa shape index (κ2) is 4.68. The first kappa shape index (κ1) is 12.7. The summed E-state index contributed by atoms with van der Waals surface area (Å²) in [5.41, 5.74) is 4.49. The Morgan fingerprint density at radius 2 is 1.89 bits per heavy atom. The molecule has 0 N–H and O–H groups in total. The van der Waals surface area contributed by atoms with Gasteiger partial charge in [-0.15, -0.1) is 11.8 Å². The van der Waals surface area contributed by atoms with Crippen LogP contribution in [0.1, 0.15) is 43.4 Å². The van der Waals surface area contributed by atoms with Crippen LogP contribution in [0.15, 0.2) is 47.6 Å². The molecule has 1 nitrogen and oxygen atoms in total. The summed E-state index contributed by atoms with van der Waals surface area (Å²) in [7, 11) is 0. The average molecular weight is 269 g/mol. The summed E-state index contributed by atoms with van der Waals surface area (Å²) in [6.07, 6.45) is 3.96. The summed E-state index contributed by atoms with van der Waals surface area (Å²) in [6, 6.07) is 11.0. The molecule has 19 heavy (non-hydrogen) atoms. The lowest BCUT2D eigenvalue weighted by atomic mass is 9.72. The molecular weight excluding hydrogens is 250 g/mol. The molecule has 0 aliphatic carbocycles. The van der Waals surface area contributed by atoms with Crippen LogP contribution in [0.2, 0.25) is 0 Å². The van der Waals surface area contributed by atoms with Crippen LogP contribution < -0.4 is 0 Å². The molecule has 1 aromatic heterocycles. The fourth-order valence-electron chi connectivity index (χ4n) is 2.95. The molecule has 1 aromatic carbocycles. The first-order valence-electron chi connectivity index (χ1n) is 6.72. The van der Waals surface area contributed by atoms with Crippen molar-refractivity contribution in [1.29, 1.82) is 0 Å². The number of pyridine rings is 1. The van der Waals surface area contributed by atoms with Crippen molar-refractivity contribution in [3.63, 3.8) is 0 Å². The highest BCUT2D eigenvalue weighted by Gasteiger charge is 2.32. The number of benzene rings is 1. The summed E-state index contributed by atoms with van der Waals surface area (Å²) in [5, 5.41) is 0. The maximum Gasteiger partial charge on any atom is 0.0311 e. The lowest BCUT2D eigenvalue weighted by Gasteiger charge is -2.32. The van der Waals surface area contributed by atoms with Gasteiger partial charge in [0.2, 0.25) is 0 Å². The standard InChI is InChI=1S/C17H19NS/c1-17(2,3)16-13-8-9-18-10-12(13)11-19-15-7-5-4-6-14(15)16/h4-10,16H,11H2,1-3H3. The Morgan fingerprint density at radius 1 is 1.11 bits per heavy atom. The maximum atomic E-state index is 4.31. The lowest BCUT2D eigenvalue weighted by molar-refractivity contribution is 0.355. The number of fused-ring (bicyclic) bond motifs is 2.